The van der Waals surface area contributed by atoms with Crippen molar-refractivity contribution >= 4 is 28.3 Å². The topological polar surface area (TPSA) is 107 Å². The molecule has 0 saturated heterocycles. The third-order valence-electron chi connectivity index (χ3n) is 1.25. The lowest BCUT2D eigenvalue weighted by atomic mass is 10.3. The summed E-state index contributed by atoms with van der Waals surface area (Å²) in [4.78, 5) is 25.3. The lowest BCUT2D eigenvalue weighted by Gasteiger charge is -2.00. The molecule has 1 rings (SSSR count). The van der Waals surface area contributed by atoms with E-state index in [4.69, 9.17) is 5.73 Å². The molecular formula is C6H7N3O3S. The second-order valence-corrected chi connectivity index (χ2v) is 2.97. The molecule has 0 aliphatic carbocycles. The van der Waals surface area contributed by atoms with Crippen LogP contribution in [-0.2, 0) is 4.84 Å². The summed E-state index contributed by atoms with van der Waals surface area (Å²) in [5.74, 6) is 3.97. The van der Waals surface area contributed by atoms with Crippen molar-refractivity contribution in [1.29, 1.82) is 0 Å². The molecule has 0 atom stereocenters. The maximum atomic E-state index is 10.8. The van der Waals surface area contributed by atoms with Crippen LogP contribution >= 0.6 is 11.3 Å². The van der Waals surface area contributed by atoms with Gasteiger partial charge in [0.25, 0.3) is 5.91 Å². The molecule has 0 aromatic carbocycles. The van der Waals surface area contributed by atoms with Crippen LogP contribution in [0, 0.1) is 0 Å². The van der Waals surface area contributed by atoms with Gasteiger partial charge in [0.2, 0.25) is 0 Å². The van der Waals surface area contributed by atoms with Crippen molar-refractivity contribution in [2.24, 2.45) is 11.6 Å². The largest absolute Gasteiger partial charge is 0.431 e. The Balaban J connectivity index is 2.82. The minimum absolute atomic E-state index is 0.232. The number of anilines is 1. The summed E-state index contributed by atoms with van der Waals surface area (Å²) in [7, 11) is 0. The van der Waals surface area contributed by atoms with Crippen molar-refractivity contribution < 1.29 is 14.4 Å². The summed E-state index contributed by atoms with van der Waals surface area (Å²) in [6.45, 7) is 0. The smallest absolute Gasteiger partial charge is 0.366 e. The molecule has 0 aliphatic heterocycles. The van der Waals surface area contributed by atoms with Crippen LogP contribution in [0.4, 0.5) is 9.80 Å². The van der Waals surface area contributed by atoms with Gasteiger partial charge < -0.3 is 10.6 Å². The van der Waals surface area contributed by atoms with Crippen molar-refractivity contribution in [2.45, 2.75) is 0 Å². The molecule has 7 heteroatoms. The zero-order valence-electron chi connectivity index (χ0n) is 6.44. The number of thiophene rings is 1. The molecule has 70 valence electrons. The summed E-state index contributed by atoms with van der Waals surface area (Å²) in [5.41, 5.74) is 5.25. The number of primary amides is 1. The number of carbonyl (C=O) groups is 2. The van der Waals surface area contributed by atoms with Crippen LogP contribution in [0.2, 0.25) is 0 Å². The number of amides is 2. The van der Waals surface area contributed by atoms with E-state index >= 15 is 0 Å². The standard InChI is InChI=1S/C6H7N3O3S/c7-4(10)3-1-2-13-5(3)9-6(11)12-8/h1-2H,8H2,(H2,7,10)(H,9,11). The zero-order valence-corrected chi connectivity index (χ0v) is 7.26. The van der Waals surface area contributed by atoms with Crippen molar-refractivity contribution in [3.05, 3.63) is 17.0 Å². The predicted molar refractivity (Wildman–Crippen MR) is 47.1 cm³/mol. The Morgan fingerprint density at radius 1 is 1.54 bits per heavy atom. The Hall–Kier alpha value is -1.60. The third-order valence-corrected chi connectivity index (χ3v) is 2.08. The van der Waals surface area contributed by atoms with E-state index in [-0.39, 0.29) is 5.56 Å². The number of hydrogen-bond donors (Lipinski definition) is 3. The Labute approximate surface area is 77.4 Å². The Kier molecular flexibility index (Phi) is 2.83. The fraction of sp³-hybridized carbons (Fsp3) is 0. The molecule has 2 amide bonds. The van der Waals surface area contributed by atoms with E-state index in [2.05, 4.69) is 16.1 Å². The van der Waals surface area contributed by atoms with Crippen LogP contribution in [-0.4, -0.2) is 12.0 Å². The first-order valence-corrected chi connectivity index (χ1v) is 4.08. The SMILES string of the molecule is NOC(=O)Nc1sccc1C(N)=O. The van der Waals surface area contributed by atoms with Gasteiger partial charge in [0.1, 0.15) is 5.00 Å². The molecule has 1 aromatic rings. The van der Waals surface area contributed by atoms with E-state index in [9.17, 15) is 9.59 Å². The van der Waals surface area contributed by atoms with Gasteiger partial charge in [-0.1, -0.05) is 0 Å². The van der Waals surface area contributed by atoms with Crippen LogP contribution in [0.15, 0.2) is 11.4 Å². The highest BCUT2D eigenvalue weighted by Crippen LogP contribution is 2.22. The quantitative estimate of drug-likeness (QED) is 0.597. The monoisotopic (exact) mass is 201 g/mol. The zero-order chi connectivity index (χ0) is 9.84. The molecule has 1 aromatic heterocycles. The van der Waals surface area contributed by atoms with Crippen LogP contribution in [0.5, 0.6) is 0 Å². The lowest BCUT2D eigenvalue weighted by molar-refractivity contribution is 0.100. The predicted octanol–water partition coefficient (Wildman–Crippen LogP) is 0.269. The van der Waals surface area contributed by atoms with E-state index in [1.807, 2.05) is 0 Å². The fourth-order valence-corrected chi connectivity index (χ4v) is 1.50. The second kappa shape index (κ2) is 3.87. The average Bonchev–Trinajstić information content (AvgIpc) is 2.52. The molecule has 6 nitrogen and oxygen atoms in total. The van der Waals surface area contributed by atoms with Gasteiger partial charge in [-0.05, 0) is 11.4 Å². The molecule has 0 bridgehead atoms. The number of nitrogens with two attached hydrogens (primary N) is 2. The van der Waals surface area contributed by atoms with Gasteiger partial charge in [0.05, 0.1) is 5.56 Å². The van der Waals surface area contributed by atoms with Gasteiger partial charge in [0, 0.05) is 0 Å². The minimum atomic E-state index is -0.843. The number of nitrogens with one attached hydrogen (secondary N) is 1. The molecule has 0 fully saturated rings. The number of carbonyl (C=O) groups excluding carboxylic acids is 2. The maximum absolute atomic E-state index is 10.8. The first-order valence-electron chi connectivity index (χ1n) is 3.20. The summed E-state index contributed by atoms with van der Waals surface area (Å²) in [6, 6.07) is 1.50. The molecule has 5 N–H and O–H groups in total. The van der Waals surface area contributed by atoms with Crippen molar-refractivity contribution in [2.75, 3.05) is 5.32 Å². The van der Waals surface area contributed by atoms with Gasteiger partial charge in [0.15, 0.2) is 0 Å². The summed E-state index contributed by atoms with van der Waals surface area (Å²) in [5, 5.41) is 4.19. The number of hydrogen-bond acceptors (Lipinski definition) is 5. The number of rotatable bonds is 2. The van der Waals surface area contributed by atoms with E-state index in [1.54, 1.807) is 5.38 Å². The minimum Gasteiger partial charge on any atom is -0.366 e. The van der Waals surface area contributed by atoms with E-state index in [1.165, 1.54) is 6.07 Å². The van der Waals surface area contributed by atoms with Crippen molar-refractivity contribution in [1.82, 2.24) is 0 Å². The van der Waals surface area contributed by atoms with Crippen molar-refractivity contribution in [3.8, 4) is 0 Å². The summed E-state index contributed by atoms with van der Waals surface area (Å²) < 4.78 is 0. The Bertz CT molecular complexity index is 336. The molecule has 1 heterocycles. The molecule has 0 aliphatic rings. The molecule has 0 unspecified atom stereocenters. The first-order chi connectivity index (χ1) is 6.15. The lowest BCUT2D eigenvalue weighted by Crippen LogP contribution is -2.19. The Morgan fingerprint density at radius 3 is 2.77 bits per heavy atom. The van der Waals surface area contributed by atoms with E-state index in [0.717, 1.165) is 11.3 Å². The van der Waals surface area contributed by atoms with Crippen molar-refractivity contribution in [3.63, 3.8) is 0 Å². The summed E-state index contributed by atoms with van der Waals surface area (Å²) >= 11 is 1.15. The highest BCUT2D eigenvalue weighted by molar-refractivity contribution is 7.14. The fourth-order valence-electron chi connectivity index (χ4n) is 0.722. The van der Waals surface area contributed by atoms with E-state index in [0.29, 0.717) is 5.00 Å². The summed E-state index contributed by atoms with van der Waals surface area (Å²) in [6.07, 6.45) is -0.843. The molecule has 13 heavy (non-hydrogen) atoms. The van der Waals surface area contributed by atoms with Gasteiger partial charge in [-0.15, -0.1) is 11.3 Å². The maximum Gasteiger partial charge on any atom is 0.431 e. The van der Waals surface area contributed by atoms with Crippen LogP contribution in [0.25, 0.3) is 0 Å². The van der Waals surface area contributed by atoms with Gasteiger partial charge in [-0.3, -0.25) is 10.1 Å². The molecular weight excluding hydrogens is 194 g/mol. The highest BCUT2D eigenvalue weighted by Gasteiger charge is 2.12. The second-order valence-electron chi connectivity index (χ2n) is 2.06. The highest BCUT2D eigenvalue weighted by atomic mass is 32.1. The van der Waals surface area contributed by atoms with Gasteiger partial charge >= 0.3 is 6.09 Å². The molecule has 0 saturated carbocycles. The van der Waals surface area contributed by atoms with Gasteiger partial charge in [-0.25, -0.2) is 4.79 Å². The first kappa shape index (κ1) is 9.49. The van der Waals surface area contributed by atoms with Crippen LogP contribution in [0.1, 0.15) is 10.4 Å². The van der Waals surface area contributed by atoms with Gasteiger partial charge in [-0.2, -0.15) is 5.90 Å². The average molecular weight is 201 g/mol. The van der Waals surface area contributed by atoms with Crippen LogP contribution in [0.3, 0.4) is 0 Å². The Morgan fingerprint density at radius 2 is 2.23 bits per heavy atom. The third kappa shape index (κ3) is 2.17. The molecule has 0 spiro atoms. The van der Waals surface area contributed by atoms with Crippen LogP contribution < -0.4 is 16.9 Å². The normalized spacial score (nSPS) is 9.31. The van der Waals surface area contributed by atoms with E-state index < -0.39 is 12.0 Å². The molecule has 0 radical (unpaired) electrons.